The van der Waals surface area contributed by atoms with Crippen LogP contribution < -0.4 is 5.32 Å². The average molecular weight is 411 g/mol. The van der Waals surface area contributed by atoms with Gasteiger partial charge in [-0.05, 0) is 24.3 Å². The molecule has 146 valence electrons. The van der Waals surface area contributed by atoms with Crippen molar-refractivity contribution in [2.45, 2.75) is 0 Å². The molecule has 10 heteroatoms. The monoisotopic (exact) mass is 410 g/mol. The molecule has 0 spiro atoms. The fourth-order valence-corrected chi connectivity index (χ4v) is 2.92. The van der Waals surface area contributed by atoms with Crippen LogP contribution in [0.25, 0.3) is 34.3 Å². The van der Waals surface area contributed by atoms with E-state index in [0.29, 0.717) is 45.1 Å². The van der Waals surface area contributed by atoms with E-state index in [1.807, 2.05) is 18.2 Å². The molecule has 4 rings (SSSR count). The standard InChI is InChI=1S/C19H15ClN6O3/c1-28-9-15(27)24-14-8-11(6-7-21-14)19-25-16(18-22-10-23-26-18)17(29-19)12-4-2-3-5-13(12)20/h2-8,10H,9H2,1H3,(H,21,24,27)(H,22,23,26). The highest BCUT2D eigenvalue weighted by atomic mass is 35.5. The third-order valence-corrected chi connectivity index (χ3v) is 4.26. The molecule has 0 fully saturated rings. The summed E-state index contributed by atoms with van der Waals surface area (Å²) in [6.07, 6.45) is 2.93. The van der Waals surface area contributed by atoms with Gasteiger partial charge in [-0.25, -0.2) is 15.0 Å². The summed E-state index contributed by atoms with van der Waals surface area (Å²) in [6, 6.07) is 10.6. The van der Waals surface area contributed by atoms with Gasteiger partial charge in [0.15, 0.2) is 17.3 Å². The number of carbonyl (C=O) groups excluding carboxylic acids is 1. The first kappa shape index (κ1) is 18.8. The highest BCUT2D eigenvalue weighted by Crippen LogP contribution is 2.37. The number of anilines is 1. The summed E-state index contributed by atoms with van der Waals surface area (Å²) < 4.78 is 10.9. The van der Waals surface area contributed by atoms with Gasteiger partial charge < -0.3 is 14.5 Å². The maximum atomic E-state index is 11.7. The average Bonchev–Trinajstić information content (AvgIpc) is 3.38. The Labute approximate surface area is 170 Å². The fraction of sp³-hybridized carbons (Fsp3) is 0.105. The van der Waals surface area contributed by atoms with Crippen molar-refractivity contribution in [1.29, 1.82) is 0 Å². The lowest BCUT2D eigenvalue weighted by Crippen LogP contribution is -2.17. The molecule has 29 heavy (non-hydrogen) atoms. The number of methoxy groups -OCH3 is 1. The minimum absolute atomic E-state index is 0.0722. The zero-order valence-electron chi connectivity index (χ0n) is 15.2. The Morgan fingerprint density at radius 1 is 1.28 bits per heavy atom. The Kier molecular flexibility index (Phi) is 5.32. The molecule has 1 amide bonds. The molecule has 0 aliphatic heterocycles. The maximum Gasteiger partial charge on any atom is 0.251 e. The summed E-state index contributed by atoms with van der Waals surface area (Å²) in [5.74, 6) is 1.24. The van der Waals surface area contributed by atoms with Crippen LogP contribution in [-0.4, -0.2) is 44.8 Å². The molecule has 1 aromatic carbocycles. The molecule has 0 atom stereocenters. The maximum absolute atomic E-state index is 11.7. The van der Waals surface area contributed by atoms with Crippen LogP contribution in [0.1, 0.15) is 0 Å². The van der Waals surface area contributed by atoms with Gasteiger partial charge in [0, 0.05) is 24.4 Å². The molecule has 0 saturated carbocycles. The van der Waals surface area contributed by atoms with Crippen LogP contribution >= 0.6 is 11.6 Å². The molecule has 0 saturated heterocycles. The summed E-state index contributed by atoms with van der Waals surface area (Å²) in [6.45, 7) is -0.0722. The normalized spacial score (nSPS) is 10.8. The van der Waals surface area contributed by atoms with Crippen LogP contribution in [0.3, 0.4) is 0 Å². The van der Waals surface area contributed by atoms with Crippen molar-refractivity contribution in [3.8, 4) is 34.3 Å². The van der Waals surface area contributed by atoms with Crippen LogP contribution in [0.5, 0.6) is 0 Å². The number of aromatic amines is 1. The second kappa shape index (κ2) is 8.21. The molecule has 0 aliphatic rings. The number of H-pyrrole nitrogens is 1. The smallest absolute Gasteiger partial charge is 0.251 e. The van der Waals surface area contributed by atoms with E-state index in [1.54, 1.807) is 24.4 Å². The number of hydrogen-bond acceptors (Lipinski definition) is 7. The number of carbonyl (C=O) groups is 1. The lowest BCUT2D eigenvalue weighted by atomic mass is 10.1. The van der Waals surface area contributed by atoms with E-state index in [4.69, 9.17) is 20.8 Å². The molecule has 9 nitrogen and oxygen atoms in total. The molecule has 0 radical (unpaired) electrons. The van der Waals surface area contributed by atoms with Gasteiger partial charge in [-0.1, -0.05) is 23.7 Å². The Hall–Kier alpha value is -3.56. The zero-order valence-corrected chi connectivity index (χ0v) is 16.0. The Bertz CT molecular complexity index is 1140. The van der Waals surface area contributed by atoms with Crippen LogP contribution in [0.15, 0.2) is 53.3 Å². The van der Waals surface area contributed by atoms with Crippen molar-refractivity contribution in [2.75, 3.05) is 19.0 Å². The quantitative estimate of drug-likeness (QED) is 0.499. The van der Waals surface area contributed by atoms with E-state index in [9.17, 15) is 4.79 Å². The lowest BCUT2D eigenvalue weighted by Gasteiger charge is -2.04. The van der Waals surface area contributed by atoms with Crippen molar-refractivity contribution < 1.29 is 13.9 Å². The van der Waals surface area contributed by atoms with Crippen molar-refractivity contribution in [3.63, 3.8) is 0 Å². The van der Waals surface area contributed by atoms with E-state index < -0.39 is 0 Å². The van der Waals surface area contributed by atoms with E-state index in [1.165, 1.54) is 13.4 Å². The number of amides is 1. The predicted molar refractivity (Wildman–Crippen MR) is 106 cm³/mol. The third-order valence-electron chi connectivity index (χ3n) is 3.93. The summed E-state index contributed by atoms with van der Waals surface area (Å²) >= 11 is 6.36. The second-order valence-electron chi connectivity index (χ2n) is 5.92. The number of halogens is 1. The van der Waals surface area contributed by atoms with Gasteiger partial charge in [0.25, 0.3) is 5.91 Å². The minimum Gasteiger partial charge on any atom is -0.435 e. The van der Waals surface area contributed by atoms with Gasteiger partial charge in [0.05, 0.1) is 5.02 Å². The predicted octanol–water partition coefficient (Wildman–Crippen LogP) is 3.43. The molecule has 3 heterocycles. The molecule has 0 unspecified atom stereocenters. The Balaban J connectivity index is 1.77. The van der Waals surface area contributed by atoms with Crippen LogP contribution in [0, 0.1) is 0 Å². The summed E-state index contributed by atoms with van der Waals surface area (Å²) in [4.78, 5) is 24.6. The number of oxazole rings is 1. The third kappa shape index (κ3) is 4.00. The molecule has 0 bridgehead atoms. The Morgan fingerprint density at radius 3 is 2.90 bits per heavy atom. The topological polar surface area (TPSA) is 119 Å². The summed E-state index contributed by atoms with van der Waals surface area (Å²) in [5, 5.41) is 9.83. The first-order valence-corrected chi connectivity index (χ1v) is 8.90. The molecule has 0 aliphatic carbocycles. The first-order chi connectivity index (χ1) is 14.2. The minimum atomic E-state index is -0.316. The molecule has 3 aromatic heterocycles. The summed E-state index contributed by atoms with van der Waals surface area (Å²) in [7, 11) is 1.44. The van der Waals surface area contributed by atoms with Crippen molar-refractivity contribution in [1.82, 2.24) is 25.1 Å². The molecule has 4 aromatic rings. The van der Waals surface area contributed by atoms with Crippen LogP contribution in [-0.2, 0) is 9.53 Å². The number of nitrogens with one attached hydrogen (secondary N) is 2. The van der Waals surface area contributed by atoms with Gasteiger partial charge in [0.1, 0.15) is 18.8 Å². The molecular weight excluding hydrogens is 396 g/mol. The number of ether oxygens (including phenoxy) is 1. The molecule has 2 N–H and O–H groups in total. The van der Waals surface area contributed by atoms with Gasteiger partial charge >= 0.3 is 0 Å². The highest BCUT2D eigenvalue weighted by molar-refractivity contribution is 6.33. The number of benzene rings is 1. The van der Waals surface area contributed by atoms with Gasteiger partial charge in [0.2, 0.25) is 5.89 Å². The van der Waals surface area contributed by atoms with E-state index in [-0.39, 0.29) is 12.5 Å². The lowest BCUT2D eigenvalue weighted by molar-refractivity contribution is -0.119. The first-order valence-electron chi connectivity index (χ1n) is 8.52. The van der Waals surface area contributed by atoms with Crippen LogP contribution in [0.4, 0.5) is 5.82 Å². The number of aromatic nitrogens is 5. The summed E-state index contributed by atoms with van der Waals surface area (Å²) in [5.41, 5.74) is 1.75. The van der Waals surface area contributed by atoms with E-state index in [0.717, 1.165) is 0 Å². The van der Waals surface area contributed by atoms with Crippen molar-refractivity contribution >= 4 is 23.3 Å². The largest absolute Gasteiger partial charge is 0.435 e. The van der Waals surface area contributed by atoms with Crippen LogP contribution in [0.2, 0.25) is 5.02 Å². The number of hydrogen-bond donors (Lipinski definition) is 2. The van der Waals surface area contributed by atoms with E-state index in [2.05, 4.69) is 30.5 Å². The van der Waals surface area contributed by atoms with Crippen molar-refractivity contribution in [3.05, 3.63) is 53.9 Å². The SMILES string of the molecule is COCC(=O)Nc1cc(-c2nc(-c3ncn[nH]3)c(-c3ccccc3Cl)o2)ccn1. The second-order valence-corrected chi connectivity index (χ2v) is 6.33. The number of rotatable bonds is 6. The van der Waals surface area contributed by atoms with Gasteiger partial charge in [-0.15, -0.1) is 0 Å². The van der Waals surface area contributed by atoms with Gasteiger partial charge in [-0.3, -0.25) is 9.89 Å². The highest BCUT2D eigenvalue weighted by Gasteiger charge is 2.22. The number of nitrogens with zero attached hydrogens (tertiary/aromatic N) is 4. The van der Waals surface area contributed by atoms with Gasteiger partial charge in [-0.2, -0.15) is 5.10 Å². The van der Waals surface area contributed by atoms with E-state index >= 15 is 0 Å². The zero-order chi connectivity index (χ0) is 20.2. The number of pyridine rings is 1. The fourth-order valence-electron chi connectivity index (χ4n) is 2.69. The van der Waals surface area contributed by atoms with Crippen molar-refractivity contribution in [2.24, 2.45) is 0 Å². The molecular formula is C19H15ClN6O3. The Morgan fingerprint density at radius 2 is 2.14 bits per heavy atom.